The minimum atomic E-state index is -0.407. The number of ether oxygens (including phenoxy) is 1. The fourth-order valence-corrected chi connectivity index (χ4v) is 3.12. The average Bonchev–Trinajstić information content (AvgIpc) is 3.11. The molecule has 5 nitrogen and oxygen atoms in total. The van der Waals surface area contributed by atoms with Crippen molar-refractivity contribution in [3.05, 3.63) is 77.9 Å². The number of carbonyl (C=O) groups is 1. The van der Waals surface area contributed by atoms with Gasteiger partial charge in [0.1, 0.15) is 11.3 Å². The van der Waals surface area contributed by atoms with Crippen LogP contribution in [0.15, 0.2) is 71.1 Å². The first-order valence-corrected chi connectivity index (χ1v) is 8.97. The van der Waals surface area contributed by atoms with Crippen molar-refractivity contribution in [2.24, 2.45) is 0 Å². The molecule has 0 aliphatic rings. The summed E-state index contributed by atoms with van der Waals surface area (Å²) in [5.41, 5.74) is 4.76. The molecule has 1 aromatic heterocycles. The van der Waals surface area contributed by atoms with Gasteiger partial charge in [0.15, 0.2) is 5.58 Å². The van der Waals surface area contributed by atoms with Crippen molar-refractivity contribution in [3.8, 4) is 17.2 Å². The Labute approximate surface area is 163 Å². The van der Waals surface area contributed by atoms with Crippen LogP contribution in [0.4, 0.5) is 5.69 Å². The Hall–Kier alpha value is -3.60. The largest absolute Gasteiger partial charge is 0.436 e. The fourth-order valence-electron chi connectivity index (χ4n) is 3.12. The molecule has 0 aliphatic carbocycles. The fraction of sp³-hybridized carbons (Fsp3) is 0.130. The zero-order valence-corrected chi connectivity index (χ0v) is 16.0. The second kappa shape index (κ2) is 7.19. The summed E-state index contributed by atoms with van der Waals surface area (Å²) in [4.78, 5) is 19.0. The summed E-state index contributed by atoms with van der Waals surface area (Å²) in [5, 5.41) is 0. The number of oxazole rings is 1. The van der Waals surface area contributed by atoms with Crippen LogP contribution in [-0.2, 0) is 0 Å². The molecule has 0 fully saturated rings. The summed E-state index contributed by atoms with van der Waals surface area (Å²) < 4.78 is 11.4. The predicted molar refractivity (Wildman–Crippen MR) is 110 cm³/mol. The lowest BCUT2D eigenvalue weighted by molar-refractivity contribution is 0.0735. The molecule has 0 atom stereocenters. The molecule has 140 valence electrons. The lowest BCUT2D eigenvalue weighted by Crippen LogP contribution is -2.12. The van der Waals surface area contributed by atoms with Gasteiger partial charge in [0.25, 0.3) is 0 Å². The van der Waals surface area contributed by atoms with Gasteiger partial charge in [-0.15, -0.1) is 0 Å². The Kier molecular flexibility index (Phi) is 4.57. The molecule has 0 radical (unpaired) electrons. The van der Waals surface area contributed by atoms with Crippen molar-refractivity contribution in [3.63, 3.8) is 0 Å². The Bertz CT molecular complexity index is 1150. The number of hydrogen-bond donors (Lipinski definition) is 0. The van der Waals surface area contributed by atoms with Crippen molar-refractivity contribution < 1.29 is 13.9 Å². The van der Waals surface area contributed by atoms with E-state index in [4.69, 9.17) is 9.15 Å². The average molecular weight is 372 g/mol. The van der Waals surface area contributed by atoms with Crippen molar-refractivity contribution >= 4 is 22.8 Å². The van der Waals surface area contributed by atoms with E-state index in [1.807, 2.05) is 68.4 Å². The highest BCUT2D eigenvalue weighted by atomic mass is 16.5. The van der Waals surface area contributed by atoms with E-state index in [1.54, 1.807) is 24.3 Å². The summed E-state index contributed by atoms with van der Waals surface area (Å²) in [7, 11) is 3.94. The Morgan fingerprint density at radius 2 is 1.79 bits per heavy atom. The molecule has 0 amide bonds. The van der Waals surface area contributed by atoms with Gasteiger partial charge in [-0.1, -0.05) is 18.2 Å². The van der Waals surface area contributed by atoms with Crippen LogP contribution in [0.5, 0.6) is 5.75 Å². The SMILES string of the molecule is Cc1cc(C(=O)Oc2ccc3nc(-c4ccccc4)oc3c2)ccc1N(C)C. The van der Waals surface area contributed by atoms with Crippen LogP contribution < -0.4 is 9.64 Å². The van der Waals surface area contributed by atoms with Gasteiger partial charge in [-0.3, -0.25) is 0 Å². The highest BCUT2D eigenvalue weighted by Crippen LogP contribution is 2.27. The highest BCUT2D eigenvalue weighted by Gasteiger charge is 2.13. The lowest BCUT2D eigenvalue weighted by atomic mass is 10.1. The zero-order valence-electron chi connectivity index (χ0n) is 16.0. The van der Waals surface area contributed by atoms with Crippen molar-refractivity contribution in [1.82, 2.24) is 4.98 Å². The minimum absolute atomic E-state index is 0.407. The maximum Gasteiger partial charge on any atom is 0.343 e. The molecule has 0 spiro atoms. The molecule has 0 saturated heterocycles. The predicted octanol–water partition coefficient (Wildman–Crippen LogP) is 5.09. The van der Waals surface area contributed by atoms with Gasteiger partial charge >= 0.3 is 5.97 Å². The van der Waals surface area contributed by atoms with Gasteiger partial charge in [0.2, 0.25) is 5.89 Å². The molecule has 3 aromatic carbocycles. The summed E-state index contributed by atoms with van der Waals surface area (Å²) >= 11 is 0. The second-order valence-electron chi connectivity index (χ2n) is 6.80. The van der Waals surface area contributed by atoms with Crippen LogP contribution in [0.3, 0.4) is 0 Å². The number of aromatic nitrogens is 1. The molecule has 5 heteroatoms. The number of hydrogen-bond acceptors (Lipinski definition) is 5. The molecule has 4 rings (SSSR count). The minimum Gasteiger partial charge on any atom is -0.436 e. The smallest absolute Gasteiger partial charge is 0.343 e. The number of benzene rings is 3. The second-order valence-corrected chi connectivity index (χ2v) is 6.80. The van der Waals surface area contributed by atoms with Crippen molar-refractivity contribution in [2.45, 2.75) is 6.92 Å². The number of rotatable bonds is 4. The van der Waals surface area contributed by atoms with Gasteiger partial charge in [-0.05, 0) is 55.0 Å². The molecule has 0 unspecified atom stereocenters. The number of esters is 1. The number of nitrogens with zero attached hydrogens (tertiary/aromatic N) is 2. The van der Waals surface area contributed by atoms with E-state index < -0.39 is 5.97 Å². The van der Waals surface area contributed by atoms with E-state index in [-0.39, 0.29) is 0 Å². The number of aryl methyl sites for hydroxylation is 1. The van der Waals surface area contributed by atoms with Crippen LogP contribution in [0.25, 0.3) is 22.6 Å². The third-order valence-electron chi connectivity index (χ3n) is 4.51. The van der Waals surface area contributed by atoms with E-state index in [0.29, 0.717) is 28.3 Å². The molecule has 0 N–H and O–H groups in total. The summed E-state index contributed by atoms with van der Waals surface area (Å²) in [6.45, 7) is 1.97. The van der Waals surface area contributed by atoms with E-state index in [1.165, 1.54) is 0 Å². The van der Waals surface area contributed by atoms with E-state index >= 15 is 0 Å². The van der Waals surface area contributed by atoms with Crippen LogP contribution in [-0.4, -0.2) is 25.0 Å². The normalized spacial score (nSPS) is 10.8. The van der Waals surface area contributed by atoms with E-state index in [9.17, 15) is 4.79 Å². The third-order valence-corrected chi connectivity index (χ3v) is 4.51. The highest BCUT2D eigenvalue weighted by molar-refractivity contribution is 5.92. The number of anilines is 1. The van der Waals surface area contributed by atoms with Gasteiger partial charge in [0.05, 0.1) is 5.56 Å². The standard InChI is InChI=1S/C23H20N2O3/c1-15-13-17(9-12-20(15)25(2)3)23(26)27-18-10-11-19-21(14-18)28-22(24-19)16-7-5-4-6-8-16/h4-14H,1-3H3. The van der Waals surface area contributed by atoms with Gasteiger partial charge in [-0.2, -0.15) is 0 Å². The maximum atomic E-state index is 12.5. The van der Waals surface area contributed by atoms with Crippen molar-refractivity contribution in [2.75, 3.05) is 19.0 Å². The van der Waals surface area contributed by atoms with Crippen LogP contribution in [0, 0.1) is 6.92 Å². The summed E-state index contributed by atoms with van der Waals surface area (Å²) in [5.74, 6) is 0.548. The quantitative estimate of drug-likeness (QED) is 0.369. The lowest BCUT2D eigenvalue weighted by Gasteiger charge is -2.16. The summed E-state index contributed by atoms with van der Waals surface area (Å²) in [6.07, 6.45) is 0. The first-order valence-electron chi connectivity index (χ1n) is 8.97. The summed E-state index contributed by atoms with van der Waals surface area (Å²) in [6, 6.07) is 20.4. The van der Waals surface area contributed by atoms with Crippen molar-refractivity contribution in [1.29, 1.82) is 0 Å². The molecule has 28 heavy (non-hydrogen) atoms. The third kappa shape index (κ3) is 3.47. The van der Waals surface area contributed by atoms with Gasteiger partial charge in [-0.25, -0.2) is 9.78 Å². The molecular weight excluding hydrogens is 352 g/mol. The first kappa shape index (κ1) is 17.8. The molecule has 4 aromatic rings. The van der Waals surface area contributed by atoms with Crippen LogP contribution in [0.1, 0.15) is 15.9 Å². The Morgan fingerprint density at radius 3 is 2.50 bits per heavy atom. The first-order chi connectivity index (χ1) is 13.5. The topological polar surface area (TPSA) is 55.6 Å². The number of fused-ring (bicyclic) bond motifs is 1. The van der Waals surface area contributed by atoms with Crippen LogP contribution >= 0.6 is 0 Å². The molecule has 0 aliphatic heterocycles. The zero-order chi connectivity index (χ0) is 19.7. The van der Waals surface area contributed by atoms with E-state index in [2.05, 4.69) is 4.98 Å². The monoisotopic (exact) mass is 372 g/mol. The molecule has 0 bridgehead atoms. The van der Waals surface area contributed by atoms with Gasteiger partial charge < -0.3 is 14.1 Å². The molecule has 0 saturated carbocycles. The molecular formula is C23H20N2O3. The Balaban J connectivity index is 1.58. The van der Waals surface area contributed by atoms with Crippen LogP contribution in [0.2, 0.25) is 0 Å². The Morgan fingerprint density at radius 1 is 1.00 bits per heavy atom. The number of carbonyl (C=O) groups excluding carboxylic acids is 1. The molecule has 1 heterocycles. The van der Waals surface area contributed by atoms with Gasteiger partial charge in [0, 0.05) is 31.4 Å². The van der Waals surface area contributed by atoms with E-state index in [0.717, 1.165) is 16.8 Å². The maximum absolute atomic E-state index is 12.5.